The van der Waals surface area contributed by atoms with Crippen molar-refractivity contribution in [1.82, 2.24) is 0 Å². The summed E-state index contributed by atoms with van der Waals surface area (Å²) in [4.78, 5) is 11.6. The molecule has 0 atom stereocenters. The van der Waals surface area contributed by atoms with E-state index in [2.05, 4.69) is 15.9 Å². The van der Waals surface area contributed by atoms with Crippen LogP contribution in [0.2, 0.25) is 0 Å². The van der Waals surface area contributed by atoms with Crippen molar-refractivity contribution in [2.45, 2.75) is 0 Å². The van der Waals surface area contributed by atoms with Gasteiger partial charge in [0.1, 0.15) is 30.5 Å². The summed E-state index contributed by atoms with van der Waals surface area (Å²) in [5.74, 6) is 0.412. The molecule has 2 aromatic rings. The summed E-state index contributed by atoms with van der Waals surface area (Å²) in [7, 11) is 1.59. The molecule has 0 N–H and O–H groups in total. The van der Waals surface area contributed by atoms with Gasteiger partial charge in [-0.2, -0.15) is 0 Å². The van der Waals surface area contributed by atoms with Crippen molar-refractivity contribution in [1.29, 1.82) is 0 Å². The second-order valence-corrected chi connectivity index (χ2v) is 5.61. The average Bonchev–Trinajstić information content (AvgIpc) is 2.60. The maximum Gasteiger partial charge on any atom is 0.330 e. The number of carbonyl (C=O) groups excluding carboxylic acids is 1. The number of halogens is 2. The number of carbonyl (C=O) groups is 1. The Morgan fingerprint density at radius 2 is 1.83 bits per heavy atom. The molecule has 0 saturated heterocycles. The average molecular weight is 395 g/mol. The van der Waals surface area contributed by atoms with Crippen LogP contribution in [0.15, 0.2) is 53.0 Å². The van der Waals surface area contributed by atoms with Crippen LogP contribution in [0.25, 0.3) is 6.08 Å². The van der Waals surface area contributed by atoms with Crippen molar-refractivity contribution in [3.63, 3.8) is 0 Å². The van der Waals surface area contributed by atoms with E-state index in [-0.39, 0.29) is 13.2 Å². The summed E-state index contributed by atoms with van der Waals surface area (Å²) in [5.41, 5.74) is 0.302. The highest BCUT2D eigenvalue weighted by Gasteiger charge is 2.02. The van der Waals surface area contributed by atoms with Crippen molar-refractivity contribution >= 4 is 28.0 Å². The first-order valence-corrected chi connectivity index (χ1v) is 7.94. The Kier molecular flexibility index (Phi) is 6.81. The Morgan fingerprint density at radius 3 is 2.54 bits per heavy atom. The zero-order valence-corrected chi connectivity index (χ0v) is 14.6. The fraction of sp³-hybridized carbons (Fsp3) is 0.167. The van der Waals surface area contributed by atoms with Gasteiger partial charge in [-0.3, -0.25) is 0 Å². The number of benzene rings is 2. The standard InChI is InChI=1S/C18H16BrFO4/c1-22-15-4-6-16(7-5-15)23-10-11-24-18(21)9-2-13-12-14(19)3-8-17(13)20/h2-9,12H,10-11H2,1H3/b9-2+. The fourth-order valence-electron chi connectivity index (χ4n) is 1.82. The first-order valence-electron chi connectivity index (χ1n) is 7.15. The maximum absolute atomic E-state index is 13.5. The van der Waals surface area contributed by atoms with Gasteiger partial charge >= 0.3 is 5.97 Å². The molecule has 6 heteroatoms. The maximum atomic E-state index is 13.5. The van der Waals surface area contributed by atoms with Gasteiger partial charge in [0, 0.05) is 16.1 Å². The van der Waals surface area contributed by atoms with Crippen LogP contribution in [-0.2, 0) is 9.53 Å². The van der Waals surface area contributed by atoms with Crippen molar-refractivity contribution in [3.8, 4) is 11.5 Å². The number of methoxy groups -OCH3 is 1. The van der Waals surface area contributed by atoms with Crippen molar-refractivity contribution < 1.29 is 23.4 Å². The molecular formula is C18H16BrFO4. The Balaban J connectivity index is 1.74. The highest BCUT2D eigenvalue weighted by molar-refractivity contribution is 9.10. The van der Waals surface area contributed by atoms with Gasteiger partial charge in [-0.15, -0.1) is 0 Å². The zero-order chi connectivity index (χ0) is 17.4. The van der Waals surface area contributed by atoms with Gasteiger partial charge in [0.2, 0.25) is 0 Å². The molecule has 0 amide bonds. The summed E-state index contributed by atoms with van der Waals surface area (Å²) < 4.78 is 29.7. The molecule has 0 aliphatic carbocycles. The summed E-state index contributed by atoms with van der Waals surface area (Å²) in [6.07, 6.45) is 2.55. The van der Waals surface area contributed by atoms with E-state index in [1.807, 2.05) is 0 Å². The Morgan fingerprint density at radius 1 is 1.12 bits per heavy atom. The third-order valence-corrected chi connectivity index (χ3v) is 3.51. The van der Waals surface area contributed by atoms with E-state index >= 15 is 0 Å². The molecule has 0 aromatic heterocycles. The highest BCUT2D eigenvalue weighted by Crippen LogP contribution is 2.17. The second-order valence-electron chi connectivity index (χ2n) is 4.69. The lowest BCUT2D eigenvalue weighted by Gasteiger charge is -2.07. The predicted octanol–water partition coefficient (Wildman–Crippen LogP) is 4.23. The molecular weight excluding hydrogens is 379 g/mol. The smallest absolute Gasteiger partial charge is 0.330 e. The highest BCUT2D eigenvalue weighted by atomic mass is 79.9. The second kappa shape index (κ2) is 9.08. The molecule has 24 heavy (non-hydrogen) atoms. The molecule has 0 fully saturated rings. The molecule has 0 aliphatic heterocycles. The third kappa shape index (κ3) is 5.70. The minimum Gasteiger partial charge on any atom is -0.497 e. The monoisotopic (exact) mass is 394 g/mol. The van der Waals surface area contributed by atoms with E-state index in [1.165, 1.54) is 18.2 Å². The number of rotatable bonds is 7. The van der Waals surface area contributed by atoms with E-state index in [0.29, 0.717) is 11.3 Å². The topological polar surface area (TPSA) is 44.8 Å². The van der Waals surface area contributed by atoms with E-state index in [0.717, 1.165) is 10.2 Å². The quantitative estimate of drug-likeness (QED) is 0.400. The lowest BCUT2D eigenvalue weighted by molar-refractivity contribution is -0.138. The first kappa shape index (κ1) is 18.0. The van der Waals surface area contributed by atoms with Crippen molar-refractivity contribution in [2.24, 2.45) is 0 Å². The van der Waals surface area contributed by atoms with Gasteiger partial charge in [0.25, 0.3) is 0 Å². The van der Waals surface area contributed by atoms with Crippen LogP contribution in [0, 0.1) is 5.82 Å². The molecule has 0 aliphatic rings. The third-order valence-electron chi connectivity index (χ3n) is 3.01. The van der Waals surface area contributed by atoms with Gasteiger partial charge in [0.05, 0.1) is 7.11 Å². The van der Waals surface area contributed by atoms with Crippen LogP contribution in [-0.4, -0.2) is 26.3 Å². The van der Waals surface area contributed by atoms with Gasteiger partial charge < -0.3 is 14.2 Å². The van der Waals surface area contributed by atoms with Gasteiger partial charge in [-0.25, -0.2) is 9.18 Å². The molecule has 0 radical (unpaired) electrons. The largest absolute Gasteiger partial charge is 0.497 e. The molecule has 126 valence electrons. The van der Waals surface area contributed by atoms with Crippen molar-refractivity contribution in [3.05, 3.63) is 64.4 Å². The summed E-state index contributed by atoms with van der Waals surface area (Å²) >= 11 is 3.24. The summed E-state index contributed by atoms with van der Waals surface area (Å²) in [6, 6.07) is 11.5. The zero-order valence-electron chi connectivity index (χ0n) is 13.0. The molecule has 0 heterocycles. The molecule has 0 spiro atoms. The number of esters is 1. The van der Waals surface area contributed by atoms with E-state index in [9.17, 15) is 9.18 Å². The van der Waals surface area contributed by atoms with Crippen LogP contribution >= 0.6 is 15.9 Å². The summed E-state index contributed by atoms with van der Waals surface area (Å²) in [6.45, 7) is 0.313. The Hall–Kier alpha value is -2.34. The minimum absolute atomic E-state index is 0.0934. The molecule has 2 aromatic carbocycles. The van der Waals surface area contributed by atoms with E-state index in [4.69, 9.17) is 14.2 Å². The number of ether oxygens (including phenoxy) is 3. The van der Waals surface area contributed by atoms with Gasteiger partial charge in [-0.1, -0.05) is 15.9 Å². The lowest BCUT2D eigenvalue weighted by Crippen LogP contribution is -2.10. The molecule has 0 bridgehead atoms. The van der Waals surface area contributed by atoms with Crippen LogP contribution in [0.1, 0.15) is 5.56 Å². The minimum atomic E-state index is -0.562. The van der Waals surface area contributed by atoms with Crippen LogP contribution in [0.4, 0.5) is 4.39 Å². The van der Waals surface area contributed by atoms with Crippen molar-refractivity contribution in [2.75, 3.05) is 20.3 Å². The lowest BCUT2D eigenvalue weighted by atomic mass is 10.2. The Labute approximate surface area is 148 Å². The summed E-state index contributed by atoms with van der Waals surface area (Å²) in [5, 5.41) is 0. The van der Waals surface area contributed by atoms with Gasteiger partial charge in [0.15, 0.2) is 0 Å². The van der Waals surface area contributed by atoms with Crippen LogP contribution < -0.4 is 9.47 Å². The molecule has 2 rings (SSSR count). The normalized spacial score (nSPS) is 10.6. The Bertz CT molecular complexity index is 713. The van der Waals surface area contributed by atoms with Crippen LogP contribution in [0.3, 0.4) is 0 Å². The predicted molar refractivity (Wildman–Crippen MR) is 92.6 cm³/mol. The number of hydrogen-bond acceptors (Lipinski definition) is 4. The molecule has 0 unspecified atom stereocenters. The molecule has 4 nitrogen and oxygen atoms in total. The molecule has 0 saturated carbocycles. The van der Waals surface area contributed by atoms with E-state index < -0.39 is 11.8 Å². The van der Waals surface area contributed by atoms with Crippen LogP contribution in [0.5, 0.6) is 11.5 Å². The fourth-order valence-corrected chi connectivity index (χ4v) is 2.20. The SMILES string of the molecule is COc1ccc(OCCOC(=O)/C=C/c2cc(Br)ccc2F)cc1. The number of hydrogen-bond donors (Lipinski definition) is 0. The van der Waals surface area contributed by atoms with E-state index in [1.54, 1.807) is 43.5 Å². The van der Waals surface area contributed by atoms with Gasteiger partial charge in [-0.05, 0) is 48.5 Å². The first-order chi connectivity index (χ1) is 11.6.